The summed E-state index contributed by atoms with van der Waals surface area (Å²) in [4.78, 5) is 16.3. The Balaban J connectivity index is 2.34. The van der Waals surface area contributed by atoms with E-state index in [1.807, 2.05) is 0 Å². The van der Waals surface area contributed by atoms with Gasteiger partial charge < -0.3 is 4.84 Å². The predicted molar refractivity (Wildman–Crippen MR) is 62.9 cm³/mol. The minimum Gasteiger partial charge on any atom is -0.336 e. The van der Waals surface area contributed by atoms with Crippen molar-refractivity contribution in [3.8, 4) is 0 Å². The fraction of sp³-hybridized carbons (Fsp3) is 0.250. The van der Waals surface area contributed by atoms with Gasteiger partial charge in [0.1, 0.15) is 0 Å². The molecule has 2 rings (SSSR count). The molecule has 0 saturated heterocycles. The molecule has 1 aromatic heterocycles. The monoisotopic (exact) mass is 291 g/mol. The highest BCUT2D eigenvalue weighted by Crippen LogP contribution is 2.20. The van der Waals surface area contributed by atoms with E-state index in [1.54, 1.807) is 17.5 Å². The highest BCUT2D eigenvalue weighted by molar-refractivity contribution is 7.86. The topological polar surface area (TPSA) is 108 Å². The summed E-state index contributed by atoms with van der Waals surface area (Å²) in [6, 6.07) is 3.41. The Hall–Kier alpha value is -1.65. The van der Waals surface area contributed by atoms with Gasteiger partial charge >= 0.3 is 16.1 Å². The zero-order valence-corrected chi connectivity index (χ0v) is 10.7. The molecular weight excluding hydrogens is 282 g/mol. The minimum atomic E-state index is -4.49. The Labute approximate surface area is 107 Å². The Bertz CT molecular complexity index is 580. The van der Waals surface area contributed by atoms with Crippen LogP contribution in [0.5, 0.6) is 0 Å². The van der Waals surface area contributed by atoms with Crippen molar-refractivity contribution in [2.24, 2.45) is 5.10 Å². The highest BCUT2D eigenvalue weighted by Gasteiger charge is 2.40. The molecule has 18 heavy (non-hydrogen) atoms. The number of hydrogen-bond acceptors (Lipinski definition) is 8. The quantitative estimate of drug-likeness (QED) is 0.752. The van der Waals surface area contributed by atoms with Crippen LogP contribution in [0.15, 0.2) is 22.6 Å². The van der Waals surface area contributed by atoms with Crippen molar-refractivity contribution in [3.05, 3.63) is 22.4 Å². The van der Waals surface area contributed by atoms with E-state index in [0.29, 0.717) is 4.88 Å². The summed E-state index contributed by atoms with van der Waals surface area (Å²) in [6.45, 7) is 1.12. The van der Waals surface area contributed by atoms with Gasteiger partial charge in [0.05, 0.1) is 4.88 Å². The summed E-state index contributed by atoms with van der Waals surface area (Å²) in [5.74, 6) is -0.612. The third kappa shape index (κ3) is 2.44. The molecule has 0 bridgehead atoms. The second-order valence-corrected chi connectivity index (χ2v) is 5.74. The molecule has 0 radical (unpaired) electrons. The zero-order valence-electron chi connectivity index (χ0n) is 9.10. The van der Waals surface area contributed by atoms with Crippen molar-refractivity contribution >= 4 is 33.3 Å². The van der Waals surface area contributed by atoms with Gasteiger partial charge in [0.15, 0.2) is 0 Å². The number of rotatable bonds is 3. The summed E-state index contributed by atoms with van der Waals surface area (Å²) >= 11 is 1.28. The number of nitrogens with zero attached hydrogens (tertiary/aromatic N) is 2. The number of carbonyl (C=O) groups is 1. The van der Waals surface area contributed by atoms with Crippen LogP contribution in [0, 0.1) is 0 Å². The van der Waals surface area contributed by atoms with Crippen LogP contribution in [-0.2, 0) is 19.8 Å². The second kappa shape index (κ2) is 4.55. The normalized spacial score (nSPS) is 19.3. The number of carbonyl (C=O) groups excluding carboxylic acids is 1. The van der Waals surface area contributed by atoms with Crippen LogP contribution < -0.4 is 5.43 Å². The van der Waals surface area contributed by atoms with E-state index >= 15 is 0 Å². The summed E-state index contributed by atoms with van der Waals surface area (Å²) in [5, 5.41) is 6.23. The third-order valence-electron chi connectivity index (χ3n) is 1.95. The Morgan fingerprint density at radius 2 is 2.39 bits per heavy atom. The molecule has 0 spiro atoms. The molecule has 0 aromatic carbocycles. The SMILES string of the molecule is CC(=O)ON1C(c2cccs2)=NNC1S(=O)(=O)O. The van der Waals surface area contributed by atoms with Gasteiger partial charge in [-0.3, -0.25) is 14.8 Å². The number of hydrogen-bond donors (Lipinski definition) is 2. The van der Waals surface area contributed by atoms with Crippen molar-refractivity contribution in [1.29, 1.82) is 0 Å². The van der Waals surface area contributed by atoms with Gasteiger partial charge in [0, 0.05) is 6.92 Å². The van der Waals surface area contributed by atoms with Gasteiger partial charge in [-0.1, -0.05) is 6.07 Å². The molecule has 2 heterocycles. The number of hydroxylamine groups is 2. The lowest BCUT2D eigenvalue weighted by molar-refractivity contribution is -0.171. The van der Waals surface area contributed by atoms with Crippen molar-refractivity contribution in [2.75, 3.05) is 0 Å². The van der Waals surface area contributed by atoms with E-state index in [-0.39, 0.29) is 5.84 Å². The number of amidine groups is 1. The van der Waals surface area contributed by atoms with Crippen LogP contribution in [0.4, 0.5) is 0 Å². The number of hydrazone groups is 1. The molecule has 1 atom stereocenters. The van der Waals surface area contributed by atoms with E-state index in [9.17, 15) is 13.2 Å². The first-order valence-corrected chi connectivity index (χ1v) is 7.09. The first kappa shape index (κ1) is 12.8. The van der Waals surface area contributed by atoms with E-state index in [2.05, 4.69) is 10.5 Å². The van der Waals surface area contributed by atoms with Gasteiger partial charge in [-0.25, -0.2) is 0 Å². The molecule has 0 saturated carbocycles. The Morgan fingerprint density at radius 1 is 1.67 bits per heavy atom. The summed E-state index contributed by atoms with van der Waals surface area (Å²) < 4.78 is 31.3. The first-order valence-electron chi connectivity index (χ1n) is 4.71. The molecule has 2 N–H and O–H groups in total. The Kier molecular flexibility index (Phi) is 3.24. The lowest BCUT2D eigenvalue weighted by Gasteiger charge is -2.21. The average molecular weight is 291 g/mol. The first-order chi connectivity index (χ1) is 8.39. The van der Waals surface area contributed by atoms with E-state index in [4.69, 9.17) is 9.39 Å². The zero-order chi connectivity index (χ0) is 13.3. The molecule has 1 unspecified atom stereocenters. The van der Waals surface area contributed by atoms with Crippen LogP contribution >= 0.6 is 11.3 Å². The van der Waals surface area contributed by atoms with Crippen molar-refractivity contribution in [2.45, 2.75) is 12.4 Å². The van der Waals surface area contributed by atoms with Crippen molar-refractivity contribution in [1.82, 2.24) is 10.5 Å². The number of nitrogens with one attached hydrogen (secondary N) is 1. The van der Waals surface area contributed by atoms with Gasteiger partial charge in [0.25, 0.3) is 5.50 Å². The number of thiophene rings is 1. The molecule has 10 heteroatoms. The van der Waals surface area contributed by atoms with Crippen LogP contribution in [0.1, 0.15) is 11.8 Å². The smallest absolute Gasteiger partial charge is 0.329 e. The van der Waals surface area contributed by atoms with Crippen molar-refractivity contribution < 1.29 is 22.6 Å². The van der Waals surface area contributed by atoms with Crippen LogP contribution in [0.3, 0.4) is 0 Å². The third-order valence-corrected chi connectivity index (χ3v) is 3.68. The molecule has 0 fully saturated rings. The van der Waals surface area contributed by atoms with E-state index in [0.717, 1.165) is 12.0 Å². The maximum Gasteiger partial charge on any atom is 0.329 e. The Morgan fingerprint density at radius 3 is 2.89 bits per heavy atom. The van der Waals surface area contributed by atoms with Gasteiger partial charge in [-0.15, -0.1) is 16.4 Å². The minimum absolute atomic E-state index is 0.114. The average Bonchev–Trinajstić information content (AvgIpc) is 2.81. The maximum atomic E-state index is 11.1. The molecule has 1 aromatic rings. The van der Waals surface area contributed by atoms with Crippen LogP contribution in [0.2, 0.25) is 0 Å². The largest absolute Gasteiger partial charge is 0.336 e. The predicted octanol–water partition coefficient (Wildman–Crippen LogP) is -0.0356. The lowest BCUT2D eigenvalue weighted by Crippen LogP contribution is -2.46. The van der Waals surface area contributed by atoms with E-state index in [1.165, 1.54) is 11.3 Å². The standard InChI is InChI=1S/C8H9N3O5S2/c1-5(12)16-11-7(6-3-2-4-17-6)9-10-8(11)18(13,14)15/h2-4,8,10H,1H3,(H,13,14,15). The second-order valence-electron chi connectivity index (χ2n) is 3.32. The molecule has 1 aliphatic heterocycles. The molecule has 0 amide bonds. The summed E-state index contributed by atoms with van der Waals surface area (Å²) in [5.41, 5.74) is 0.555. The molecule has 8 nitrogen and oxygen atoms in total. The molecule has 0 aliphatic carbocycles. The molecule has 1 aliphatic rings. The summed E-state index contributed by atoms with van der Waals surface area (Å²) in [7, 11) is -4.49. The molecule has 98 valence electrons. The van der Waals surface area contributed by atoms with Gasteiger partial charge in [0.2, 0.25) is 5.84 Å². The molecular formula is C8H9N3O5S2. The lowest BCUT2D eigenvalue weighted by atomic mass is 10.4. The fourth-order valence-corrected chi connectivity index (χ4v) is 2.59. The van der Waals surface area contributed by atoms with Crippen LogP contribution in [-0.4, -0.2) is 35.3 Å². The summed E-state index contributed by atoms with van der Waals surface area (Å²) in [6.07, 6.45) is 0. The van der Waals surface area contributed by atoms with Crippen molar-refractivity contribution in [3.63, 3.8) is 0 Å². The van der Waals surface area contributed by atoms with E-state index < -0.39 is 21.6 Å². The van der Waals surface area contributed by atoms with Crippen LogP contribution in [0.25, 0.3) is 0 Å². The van der Waals surface area contributed by atoms with Gasteiger partial charge in [-0.2, -0.15) is 13.5 Å². The fourth-order valence-electron chi connectivity index (χ4n) is 1.32. The highest BCUT2D eigenvalue weighted by atomic mass is 32.2. The maximum absolute atomic E-state index is 11.1. The van der Waals surface area contributed by atoms with Gasteiger partial charge in [-0.05, 0) is 11.4 Å².